The molecule has 6 rings (SSSR count). The molecule has 1 aromatic heterocycles. The van der Waals surface area contributed by atoms with Crippen molar-refractivity contribution in [2.75, 3.05) is 0 Å². The smallest absolute Gasteiger partial charge is 0.0519 e. The standard InChI is InChI=1S/C26H26N2/c1-2-11-19-17(8-1)9-7-10-18(19)16-24-26-25(20-12-3-5-14-22(20)27-24)21-13-4-6-15-23(21)28-26/h1-2,4,6-11,13,15,20,22,24,27-28H,3,5,12,14,16H2. The Labute approximate surface area is 166 Å². The lowest BCUT2D eigenvalue weighted by Crippen LogP contribution is -2.44. The highest BCUT2D eigenvalue weighted by Gasteiger charge is 2.38. The summed E-state index contributed by atoms with van der Waals surface area (Å²) < 4.78 is 0. The maximum atomic E-state index is 4.05. The highest BCUT2D eigenvalue weighted by atomic mass is 15.0. The Morgan fingerprint density at radius 1 is 0.786 bits per heavy atom. The molecule has 2 N–H and O–H groups in total. The minimum atomic E-state index is 0.354. The van der Waals surface area contributed by atoms with Gasteiger partial charge >= 0.3 is 0 Å². The van der Waals surface area contributed by atoms with Crippen molar-refractivity contribution in [2.45, 2.75) is 50.1 Å². The molecule has 2 nitrogen and oxygen atoms in total. The van der Waals surface area contributed by atoms with E-state index in [4.69, 9.17) is 0 Å². The largest absolute Gasteiger partial charge is 0.357 e. The first-order valence-electron chi connectivity index (χ1n) is 10.7. The minimum Gasteiger partial charge on any atom is -0.357 e. The molecule has 3 aromatic carbocycles. The summed E-state index contributed by atoms with van der Waals surface area (Å²) in [6, 6.07) is 25.4. The maximum Gasteiger partial charge on any atom is 0.0519 e. The molecule has 3 atom stereocenters. The van der Waals surface area contributed by atoms with Crippen LogP contribution in [-0.2, 0) is 6.42 Å². The predicted molar refractivity (Wildman–Crippen MR) is 117 cm³/mol. The molecule has 0 spiro atoms. The van der Waals surface area contributed by atoms with E-state index < -0.39 is 0 Å². The summed E-state index contributed by atoms with van der Waals surface area (Å²) in [5.41, 5.74) is 5.76. The lowest BCUT2D eigenvalue weighted by Gasteiger charge is -2.41. The number of rotatable bonds is 2. The fraction of sp³-hybridized carbons (Fsp3) is 0.308. The second kappa shape index (κ2) is 6.49. The van der Waals surface area contributed by atoms with E-state index in [2.05, 4.69) is 77.0 Å². The van der Waals surface area contributed by atoms with E-state index in [1.54, 1.807) is 5.56 Å². The van der Waals surface area contributed by atoms with Gasteiger partial charge in [-0.05, 0) is 47.2 Å². The Hall–Kier alpha value is -2.58. The normalized spacial score (nSPS) is 24.2. The van der Waals surface area contributed by atoms with Gasteiger partial charge in [-0.3, -0.25) is 0 Å². The molecule has 4 aromatic rings. The molecule has 2 aliphatic rings. The number of aromatic nitrogens is 1. The number of fused-ring (bicyclic) bond motifs is 6. The fourth-order valence-corrected chi connectivity index (χ4v) is 5.73. The van der Waals surface area contributed by atoms with Gasteiger partial charge in [-0.1, -0.05) is 73.5 Å². The van der Waals surface area contributed by atoms with Crippen LogP contribution >= 0.6 is 0 Å². The molecule has 3 unspecified atom stereocenters. The highest BCUT2D eigenvalue weighted by Crippen LogP contribution is 2.45. The molecule has 1 fully saturated rings. The van der Waals surface area contributed by atoms with Crippen LogP contribution in [0.5, 0.6) is 0 Å². The third-order valence-corrected chi connectivity index (χ3v) is 6.98. The van der Waals surface area contributed by atoms with E-state index in [1.807, 2.05) is 0 Å². The highest BCUT2D eigenvalue weighted by molar-refractivity contribution is 5.87. The molecule has 0 bridgehead atoms. The first kappa shape index (κ1) is 16.4. The van der Waals surface area contributed by atoms with Crippen molar-refractivity contribution >= 4 is 21.7 Å². The van der Waals surface area contributed by atoms with E-state index in [9.17, 15) is 0 Å². The van der Waals surface area contributed by atoms with Gasteiger partial charge in [0.1, 0.15) is 0 Å². The van der Waals surface area contributed by atoms with Crippen molar-refractivity contribution < 1.29 is 0 Å². The topological polar surface area (TPSA) is 27.8 Å². The van der Waals surface area contributed by atoms with Gasteiger partial charge in [-0.25, -0.2) is 0 Å². The molecule has 2 heterocycles. The van der Waals surface area contributed by atoms with E-state index in [0.29, 0.717) is 18.0 Å². The molecule has 0 saturated heterocycles. The minimum absolute atomic E-state index is 0.354. The number of hydrogen-bond donors (Lipinski definition) is 2. The van der Waals surface area contributed by atoms with Crippen molar-refractivity contribution in [1.29, 1.82) is 0 Å². The molecule has 1 aliphatic heterocycles. The summed E-state index contributed by atoms with van der Waals surface area (Å²) in [5, 5.41) is 8.22. The quantitative estimate of drug-likeness (QED) is 0.432. The monoisotopic (exact) mass is 366 g/mol. The number of benzene rings is 3. The maximum absolute atomic E-state index is 4.05. The zero-order valence-electron chi connectivity index (χ0n) is 16.1. The van der Waals surface area contributed by atoms with Gasteiger partial charge in [0.2, 0.25) is 0 Å². The number of nitrogens with one attached hydrogen (secondary N) is 2. The molecule has 0 radical (unpaired) electrons. The molecule has 0 amide bonds. The Morgan fingerprint density at radius 3 is 2.54 bits per heavy atom. The summed E-state index contributed by atoms with van der Waals surface area (Å²) in [5.74, 6) is 0.656. The number of para-hydroxylation sites is 1. The summed E-state index contributed by atoms with van der Waals surface area (Å²) in [7, 11) is 0. The number of H-pyrrole nitrogens is 1. The molecule has 1 saturated carbocycles. The zero-order valence-corrected chi connectivity index (χ0v) is 16.1. The van der Waals surface area contributed by atoms with E-state index >= 15 is 0 Å². The second-order valence-corrected chi connectivity index (χ2v) is 8.56. The van der Waals surface area contributed by atoms with Gasteiger partial charge in [0.15, 0.2) is 0 Å². The number of hydrogen-bond acceptors (Lipinski definition) is 1. The van der Waals surface area contributed by atoms with Crippen LogP contribution in [0.3, 0.4) is 0 Å². The van der Waals surface area contributed by atoms with Crippen LogP contribution in [-0.4, -0.2) is 11.0 Å². The van der Waals surface area contributed by atoms with Crippen molar-refractivity contribution in [3.63, 3.8) is 0 Å². The summed E-state index contributed by atoms with van der Waals surface area (Å²) in [6.45, 7) is 0. The van der Waals surface area contributed by atoms with Gasteiger partial charge in [0.25, 0.3) is 0 Å². The number of aromatic amines is 1. The third-order valence-electron chi connectivity index (χ3n) is 6.98. The lowest BCUT2D eigenvalue weighted by molar-refractivity contribution is 0.275. The van der Waals surface area contributed by atoms with Crippen molar-refractivity contribution in [2.24, 2.45) is 0 Å². The Bertz CT molecular complexity index is 1150. The van der Waals surface area contributed by atoms with Crippen LogP contribution in [0.1, 0.15) is 54.5 Å². The first-order chi connectivity index (χ1) is 13.9. The van der Waals surface area contributed by atoms with Crippen LogP contribution in [0.15, 0.2) is 66.7 Å². The Balaban J connectivity index is 1.48. The first-order valence-corrected chi connectivity index (χ1v) is 10.7. The molecule has 140 valence electrons. The van der Waals surface area contributed by atoms with E-state index in [1.165, 1.54) is 58.6 Å². The lowest BCUT2D eigenvalue weighted by atomic mass is 9.74. The predicted octanol–water partition coefficient (Wildman–Crippen LogP) is 6.23. The van der Waals surface area contributed by atoms with Gasteiger partial charge < -0.3 is 10.3 Å². The summed E-state index contributed by atoms with van der Waals surface area (Å²) in [6.07, 6.45) is 6.36. The second-order valence-electron chi connectivity index (χ2n) is 8.56. The SMILES string of the molecule is c1ccc2c(CC3NC4CCCCC4c4c3[nH]c3ccccc43)cccc2c1. The summed E-state index contributed by atoms with van der Waals surface area (Å²) in [4.78, 5) is 3.80. The van der Waals surface area contributed by atoms with Gasteiger partial charge in [-0.2, -0.15) is 0 Å². The van der Waals surface area contributed by atoms with Crippen LogP contribution in [0.4, 0.5) is 0 Å². The molecular weight excluding hydrogens is 340 g/mol. The van der Waals surface area contributed by atoms with Gasteiger partial charge in [-0.15, -0.1) is 0 Å². The van der Waals surface area contributed by atoms with Crippen LogP contribution < -0.4 is 5.32 Å². The van der Waals surface area contributed by atoms with E-state index in [-0.39, 0.29) is 0 Å². The van der Waals surface area contributed by atoms with Crippen LogP contribution in [0, 0.1) is 0 Å². The van der Waals surface area contributed by atoms with Crippen LogP contribution in [0.25, 0.3) is 21.7 Å². The molecular formula is C26H26N2. The molecule has 2 heteroatoms. The Kier molecular flexibility index (Phi) is 3.80. The van der Waals surface area contributed by atoms with Crippen molar-refractivity contribution in [3.8, 4) is 0 Å². The average molecular weight is 367 g/mol. The summed E-state index contributed by atoms with van der Waals surface area (Å²) >= 11 is 0. The third kappa shape index (κ3) is 2.51. The fourth-order valence-electron chi connectivity index (χ4n) is 5.73. The zero-order chi connectivity index (χ0) is 18.5. The van der Waals surface area contributed by atoms with Gasteiger partial charge in [0.05, 0.1) is 6.04 Å². The average Bonchev–Trinajstić information content (AvgIpc) is 3.14. The van der Waals surface area contributed by atoms with Crippen molar-refractivity contribution in [3.05, 3.63) is 83.6 Å². The van der Waals surface area contributed by atoms with Crippen molar-refractivity contribution in [1.82, 2.24) is 10.3 Å². The molecule has 28 heavy (non-hydrogen) atoms. The Morgan fingerprint density at radius 2 is 1.57 bits per heavy atom. The van der Waals surface area contributed by atoms with Gasteiger partial charge in [0, 0.05) is 28.6 Å². The molecule has 1 aliphatic carbocycles. The van der Waals surface area contributed by atoms with E-state index in [0.717, 1.165) is 6.42 Å². The van der Waals surface area contributed by atoms with Crippen LogP contribution in [0.2, 0.25) is 0 Å².